The van der Waals surface area contributed by atoms with Gasteiger partial charge < -0.3 is 0 Å². The van der Waals surface area contributed by atoms with E-state index in [-0.39, 0.29) is 4.05 Å². The van der Waals surface area contributed by atoms with Gasteiger partial charge in [-0.05, 0) is 18.2 Å². The van der Waals surface area contributed by atoms with Crippen LogP contribution in [0, 0.1) is 0 Å². The van der Waals surface area contributed by atoms with E-state index in [1.165, 1.54) is 0 Å². The van der Waals surface area contributed by atoms with Gasteiger partial charge in [0.15, 0.2) is 5.49 Å². The number of aromatic nitrogens is 1. The lowest BCUT2D eigenvalue weighted by Gasteiger charge is -1.82. The SMILES string of the molecule is I[C@H]1C=c2cccnc2=N1. The summed E-state index contributed by atoms with van der Waals surface area (Å²) in [6.45, 7) is 0. The van der Waals surface area contributed by atoms with Crippen LogP contribution in [0.15, 0.2) is 23.3 Å². The molecule has 0 saturated heterocycles. The molecule has 0 aliphatic carbocycles. The molecule has 1 aliphatic heterocycles. The smallest absolute Gasteiger partial charge is 0.155 e. The Balaban J connectivity index is 2.83. The number of pyridine rings is 1. The second kappa shape index (κ2) is 2.30. The highest BCUT2D eigenvalue weighted by Crippen LogP contribution is 2.03. The Kier molecular flexibility index (Phi) is 1.44. The number of fused-ring (bicyclic) bond motifs is 1. The number of halogens is 1. The molecule has 0 amide bonds. The van der Waals surface area contributed by atoms with Crippen molar-refractivity contribution in [3.63, 3.8) is 0 Å². The zero-order valence-electron chi connectivity index (χ0n) is 5.16. The molecule has 0 N–H and O–H groups in total. The number of nitrogens with zero attached hydrogens (tertiary/aromatic N) is 2. The summed E-state index contributed by atoms with van der Waals surface area (Å²) in [5.74, 6) is 0. The molecule has 0 aromatic carbocycles. The maximum atomic E-state index is 4.27. The molecule has 0 bridgehead atoms. The van der Waals surface area contributed by atoms with E-state index in [2.05, 4.69) is 38.6 Å². The van der Waals surface area contributed by atoms with Gasteiger partial charge in [-0.1, -0.05) is 22.6 Å². The van der Waals surface area contributed by atoms with E-state index in [1.54, 1.807) is 6.20 Å². The van der Waals surface area contributed by atoms with Crippen LogP contribution in [-0.4, -0.2) is 9.03 Å². The first-order valence-electron chi connectivity index (χ1n) is 3.01. The summed E-state index contributed by atoms with van der Waals surface area (Å²) < 4.78 is 0.280. The summed E-state index contributed by atoms with van der Waals surface area (Å²) >= 11 is 2.27. The maximum Gasteiger partial charge on any atom is 0.155 e. The molecular formula is C7H5IN2. The fourth-order valence-electron chi connectivity index (χ4n) is 0.950. The molecule has 1 aromatic rings. The highest BCUT2D eigenvalue weighted by atomic mass is 127. The van der Waals surface area contributed by atoms with Gasteiger partial charge in [-0.25, -0.2) is 9.98 Å². The van der Waals surface area contributed by atoms with Gasteiger partial charge in [0, 0.05) is 11.4 Å². The first kappa shape index (κ1) is 6.27. The van der Waals surface area contributed by atoms with Crippen LogP contribution in [0.3, 0.4) is 0 Å². The molecule has 2 heterocycles. The van der Waals surface area contributed by atoms with Crippen LogP contribution in [-0.2, 0) is 0 Å². The van der Waals surface area contributed by atoms with Crippen molar-refractivity contribution in [1.29, 1.82) is 0 Å². The van der Waals surface area contributed by atoms with Gasteiger partial charge in [0.1, 0.15) is 4.05 Å². The van der Waals surface area contributed by atoms with E-state index in [0.29, 0.717) is 0 Å². The summed E-state index contributed by atoms with van der Waals surface area (Å²) in [4.78, 5) is 8.38. The molecule has 3 heteroatoms. The van der Waals surface area contributed by atoms with Gasteiger partial charge in [0.2, 0.25) is 0 Å². The van der Waals surface area contributed by atoms with Gasteiger partial charge in [0.05, 0.1) is 0 Å². The van der Waals surface area contributed by atoms with Crippen molar-refractivity contribution in [3.05, 3.63) is 29.0 Å². The minimum atomic E-state index is 0.280. The molecule has 2 nitrogen and oxygen atoms in total. The van der Waals surface area contributed by atoms with Gasteiger partial charge in [0.25, 0.3) is 0 Å². The lowest BCUT2D eigenvalue weighted by molar-refractivity contribution is 1.08. The van der Waals surface area contributed by atoms with Crippen LogP contribution >= 0.6 is 22.6 Å². The highest BCUT2D eigenvalue weighted by Gasteiger charge is 2.02. The Morgan fingerprint density at radius 3 is 3.20 bits per heavy atom. The normalized spacial score (nSPS) is 21.1. The minimum Gasteiger partial charge on any atom is -0.248 e. The number of hydrogen-bond donors (Lipinski definition) is 0. The fourth-order valence-corrected chi connectivity index (χ4v) is 1.60. The summed E-state index contributed by atoms with van der Waals surface area (Å²) in [5.41, 5.74) is 0.877. The molecule has 0 saturated carbocycles. The average Bonchev–Trinajstić information content (AvgIpc) is 2.27. The molecule has 10 heavy (non-hydrogen) atoms. The quantitative estimate of drug-likeness (QED) is 0.365. The molecule has 0 unspecified atom stereocenters. The van der Waals surface area contributed by atoms with Crippen LogP contribution in [0.25, 0.3) is 6.08 Å². The number of alkyl halides is 1. The average molecular weight is 244 g/mol. The van der Waals surface area contributed by atoms with Gasteiger partial charge in [-0.3, -0.25) is 0 Å². The molecule has 1 atom stereocenters. The standard InChI is InChI=1S/C7H5IN2/c8-6-4-5-2-1-3-9-7(5)10-6/h1-4,6H/t6-/m1/s1. The third-order valence-electron chi connectivity index (χ3n) is 1.38. The van der Waals surface area contributed by atoms with Crippen molar-refractivity contribution in [3.8, 4) is 0 Å². The summed E-state index contributed by atoms with van der Waals surface area (Å²) in [5, 5.41) is 1.15. The second-order valence-electron chi connectivity index (χ2n) is 2.08. The summed E-state index contributed by atoms with van der Waals surface area (Å²) in [6, 6.07) is 3.96. The Bertz CT molecular complexity index is 323. The van der Waals surface area contributed by atoms with Crippen LogP contribution in [0.5, 0.6) is 0 Å². The third kappa shape index (κ3) is 0.941. The van der Waals surface area contributed by atoms with E-state index in [9.17, 15) is 0 Å². The first-order chi connectivity index (χ1) is 4.86. The van der Waals surface area contributed by atoms with Crippen LogP contribution < -0.4 is 10.7 Å². The van der Waals surface area contributed by atoms with Gasteiger partial charge in [-0.15, -0.1) is 0 Å². The van der Waals surface area contributed by atoms with Gasteiger partial charge >= 0.3 is 0 Å². The lowest BCUT2D eigenvalue weighted by atomic mass is 10.4. The fraction of sp³-hybridized carbons (Fsp3) is 0.143. The topological polar surface area (TPSA) is 25.2 Å². The summed E-state index contributed by atoms with van der Waals surface area (Å²) in [6.07, 6.45) is 3.87. The van der Waals surface area contributed by atoms with Crippen LogP contribution in [0.4, 0.5) is 0 Å². The van der Waals surface area contributed by atoms with Crippen LogP contribution in [0.1, 0.15) is 0 Å². The molecule has 1 aromatic heterocycles. The zero-order valence-corrected chi connectivity index (χ0v) is 7.32. The molecular weight excluding hydrogens is 239 g/mol. The van der Waals surface area contributed by atoms with E-state index in [1.807, 2.05) is 12.1 Å². The number of rotatable bonds is 0. The van der Waals surface area contributed by atoms with Crippen molar-refractivity contribution in [2.24, 2.45) is 4.99 Å². The Morgan fingerprint density at radius 1 is 1.50 bits per heavy atom. The zero-order chi connectivity index (χ0) is 6.97. The molecule has 0 radical (unpaired) electrons. The second-order valence-corrected chi connectivity index (χ2v) is 3.36. The largest absolute Gasteiger partial charge is 0.248 e. The number of hydrogen-bond acceptors (Lipinski definition) is 2. The maximum absolute atomic E-state index is 4.27. The molecule has 50 valence electrons. The predicted octanol–water partition coefficient (Wildman–Crippen LogP) is 0.256. The van der Waals surface area contributed by atoms with Crippen molar-refractivity contribution in [2.75, 3.05) is 0 Å². The predicted molar refractivity (Wildman–Crippen MR) is 47.3 cm³/mol. The monoisotopic (exact) mass is 244 g/mol. The highest BCUT2D eigenvalue weighted by molar-refractivity contribution is 14.1. The Morgan fingerprint density at radius 2 is 2.40 bits per heavy atom. The first-order valence-corrected chi connectivity index (χ1v) is 4.25. The Labute approximate surface area is 71.8 Å². The van der Waals surface area contributed by atoms with E-state index >= 15 is 0 Å². The summed E-state index contributed by atoms with van der Waals surface area (Å²) in [7, 11) is 0. The van der Waals surface area contributed by atoms with Crippen molar-refractivity contribution >= 4 is 28.7 Å². The van der Waals surface area contributed by atoms with E-state index in [0.717, 1.165) is 10.7 Å². The molecule has 2 rings (SSSR count). The molecule has 1 aliphatic rings. The molecule has 0 fully saturated rings. The van der Waals surface area contributed by atoms with Crippen molar-refractivity contribution < 1.29 is 0 Å². The van der Waals surface area contributed by atoms with E-state index < -0.39 is 0 Å². The van der Waals surface area contributed by atoms with Crippen molar-refractivity contribution in [2.45, 2.75) is 4.05 Å². The lowest BCUT2D eigenvalue weighted by Crippen LogP contribution is -2.23. The third-order valence-corrected chi connectivity index (χ3v) is 2.02. The van der Waals surface area contributed by atoms with E-state index in [4.69, 9.17) is 0 Å². The van der Waals surface area contributed by atoms with Crippen LogP contribution in [0.2, 0.25) is 0 Å². The minimum absolute atomic E-state index is 0.280. The van der Waals surface area contributed by atoms with Crippen molar-refractivity contribution in [1.82, 2.24) is 4.98 Å². The van der Waals surface area contributed by atoms with Gasteiger partial charge in [-0.2, -0.15) is 0 Å². The molecule has 0 spiro atoms. The Hall–Kier alpha value is -0.450.